The Kier molecular flexibility index (Phi) is 7.92. The van der Waals surface area contributed by atoms with Crippen LogP contribution in [-0.2, 0) is 6.42 Å². The van der Waals surface area contributed by atoms with Crippen LogP contribution in [0, 0.1) is 5.92 Å². The molecule has 0 bridgehead atoms. The van der Waals surface area contributed by atoms with Crippen LogP contribution in [0.3, 0.4) is 0 Å². The summed E-state index contributed by atoms with van der Waals surface area (Å²) in [7, 11) is 0. The van der Waals surface area contributed by atoms with Gasteiger partial charge in [0.1, 0.15) is 0 Å². The Hall–Kier alpha value is -1.73. The first-order valence-corrected chi connectivity index (χ1v) is 13.1. The highest BCUT2D eigenvalue weighted by molar-refractivity contribution is 7.99. The smallest absolute Gasteiger partial charge is 0.193 e. The Labute approximate surface area is 189 Å². The fraction of sp³-hybridized carbons (Fsp3) is 0.565. The number of anilines is 1. The van der Waals surface area contributed by atoms with Crippen LogP contribution in [0.4, 0.5) is 5.13 Å². The van der Waals surface area contributed by atoms with Gasteiger partial charge < -0.3 is 15.1 Å². The topological polar surface area (TPSA) is 43.8 Å². The number of rotatable bonds is 8. The predicted octanol–water partition coefficient (Wildman–Crippen LogP) is 4.37. The van der Waals surface area contributed by atoms with Crippen molar-refractivity contribution < 1.29 is 0 Å². The molecule has 3 heterocycles. The van der Waals surface area contributed by atoms with Gasteiger partial charge in [-0.1, -0.05) is 18.2 Å². The first-order chi connectivity index (χ1) is 14.8. The zero-order valence-electron chi connectivity index (χ0n) is 17.9. The lowest BCUT2D eigenvalue weighted by atomic mass is 10.2. The van der Waals surface area contributed by atoms with Crippen molar-refractivity contribution in [2.45, 2.75) is 37.5 Å². The summed E-state index contributed by atoms with van der Waals surface area (Å²) in [6, 6.07) is 10.7. The lowest BCUT2D eigenvalue weighted by Crippen LogP contribution is -2.40. The second-order valence-electron chi connectivity index (χ2n) is 8.03. The van der Waals surface area contributed by atoms with Gasteiger partial charge in [-0.05, 0) is 44.2 Å². The molecule has 4 rings (SSSR count). The molecule has 0 spiro atoms. The molecular formula is C23H33N5S2. The van der Waals surface area contributed by atoms with Gasteiger partial charge in [-0.2, -0.15) is 0 Å². The van der Waals surface area contributed by atoms with E-state index in [0.717, 1.165) is 57.6 Å². The predicted molar refractivity (Wildman–Crippen MR) is 130 cm³/mol. The number of nitrogens with zero attached hydrogens (tertiary/aromatic N) is 4. The van der Waals surface area contributed by atoms with Crippen molar-refractivity contribution in [1.29, 1.82) is 0 Å². The van der Waals surface area contributed by atoms with Crippen molar-refractivity contribution in [3.8, 4) is 0 Å². The maximum absolute atomic E-state index is 4.93. The van der Waals surface area contributed by atoms with Gasteiger partial charge in [-0.15, -0.1) is 23.1 Å². The third kappa shape index (κ3) is 5.91. The SMILES string of the molecule is CCNC(=NCCc1csc(N2CCCC2)n1)N1CCC(CSc2ccccc2)C1. The minimum Gasteiger partial charge on any atom is -0.357 e. The van der Waals surface area contributed by atoms with Crippen molar-refractivity contribution >= 4 is 34.2 Å². The third-order valence-electron chi connectivity index (χ3n) is 5.69. The van der Waals surface area contributed by atoms with E-state index in [2.05, 4.69) is 57.8 Å². The molecule has 1 atom stereocenters. The van der Waals surface area contributed by atoms with Crippen LogP contribution in [0.5, 0.6) is 0 Å². The van der Waals surface area contributed by atoms with Gasteiger partial charge in [0.2, 0.25) is 0 Å². The Morgan fingerprint density at radius 2 is 2.07 bits per heavy atom. The number of hydrogen-bond acceptors (Lipinski definition) is 5. The number of nitrogens with one attached hydrogen (secondary N) is 1. The molecular weight excluding hydrogens is 410 g/mol. The van der Waals surface area contributed by atoms with Crippen LogP contribution in [-0.4, -0.2) is 60.9 Å². The molecule has 7 heteroatoms. The van der Waals surface area contributed by atoms with Crippen LogP contribution < -0.4 is 10.2 Å². The van der Waals surface area contributed by atoms with E-state index in [1.165, 1.54) is 40.7 Å². The van der Waals surface area contributed by atoms with Crippen LogP contribution >= 0.6 is 23.1 Å². The number of benzene rings is 1. The molecule has 2 fully saturated rings. The molecule has 0 saturated carbocycles. The van der Waals surface area contributed by atoms with E-state index in [-0.39, 0.29) is 0 Å². The molecule has 2 aliphatic rings. The molecule has 1 N–H and O–H groups in total. The highest BCUT2D eigenvalue weighted by Crippen LogP contribution is 2.26. The molecule has 2 aromatic rings. The van der Waals surface area contributed by atoms with E-state index in [0.29, 0.717) is 0 Å². The number of aliphatic imine (C=N–C) groups is 1. The van der Waals surface area contributed by atoms with Crippen LogP contribution in [0.1, 0.15) is 31.9 Å². The maximum Gasteiger partial charge on any atom is 0.193 e. The summed E-state index contributed by atoms with van der Waals surface area (Å²) < 4.78 is 0. The Morgan fingerprint density at radius 1 is 1.23 bits per heavy atom. The Balaban J connectivity index is 1.26. The van der Waals surface area contributed by atoms with Crippen molar-refractivity contribution in [3.63, 3.8) is 0 Å². The van der Waals surface area contributed by atoms with Crippen LogP contribution in [0.15, 0.2) is 45.6 Å². The van der Waals surface area contributed by atoms with Gasteiger partial charge in [-0.25, -0.2) is 4.98 Å². The Morgan fingerprint density at radius 3 is 2.87 bits per heavy atom. The van der Waals surface area contributed by atoms with Crippen molar-refractivity contribution in [1.82, 2.24) is 15.2 Å². The number of thiazole rings is 1. The van der Waals surface area contributed by atoms with E-state index in [1.54, 1.807) is 11.3 Å². The summed E-state index contributed by atoms with van der Waals surface area (Å²) in [6.07, 6.45) is 4.76. The van der Waals surface area contributed by atoms with Gasteiger partial charge in [0.25, 0.3) is 0 Å². The number of likely N-dealkylation sites (tertiary alicyclic amines) is 1. The minimum absolute atomic E-state index is 0.723. The highest BCUT2D eigenvalue weighted by Gasteiger charge is 2.25. The molecule has 1 aromatic carbocycles. The highest BCUT2D eigenvalue weighted by atomic mass is 32.2. The molecule has 0 radical (unpaired) electrons. The van der Waals surface area contributed by atoms with E-state index in [9.17, 15) is 0 Å². The summed E-state index contributed by atoms with van der Waals surface area (Å²) in [6.45, 7) is 8.38. The molecule has 0 amide bonds. The first-order valence-electron chi connectivity index (χ1n) is 11.2. The van der Waals surface area contributed by atoms with Gasteiger partial charge in [-0.3, -0.25) is 4.99 Å². The van der Waals surface area contributed by atoms with Crippen molar-refractivity contribution in [3.05, 3.63) is 41.4 Å². The monoisotopic (exact) mass is 443 g/mol. The molecule has 30 heavy (non-hydrogen) atoms. The molecule has 2 saturated heterocycles. The lowest BCUT2D eigenvalue weighted by molar-refractivity contribution is 0.474. The zero-order valence-corrected chi connectivity index (χ0v) is 19.6. The normalized spacial score (nSPS) is 19.6. The number of hydrogen-bond donors (Lipinski definition) is 1. The average Bonchev–Trinajstić information content (AvgIpc) is 3.54. The fourth-order valence-electron chi connectivity index (χ4n) is 4.06. The summed E-state index contributed by atoms with van der Waals surface area (Å²) in [5, 5.41) is 6.90. The molecule has 162 valence electrons. The third-order valence-corrected chi connectivity index (χ3v) is 7.89. The minimum atomic E-state index is 0.723. The average molecular weight is 444 g/mol. The second-order valence-corrected chi connectivity index (χ2v) is 9.96. The summed E-state index contributed by atoms with van der Waals surface area (Å²) >= 11 is 3.76. The Bertz CT molecular complexity index is 801. The van der Waals surface area contributed by atoms with Crippen LogP contribution in [0.2, 0.25) is 0 Å². The standard InChI is InChI=1S/C23H33N5S2/c1-2-24-22(25-12-10-20-18-30-23(26-20)27-13-6-7-14-27)28-15-11-19(16-28)17-29-21-8-4-3-5-9-21/h3-5,8-9,18-19H,2,6-7,10-17H2,1H3,(H,24,25). The van der Waals surface area contributed by atoms with Gasteiger partial charge >= 0.3 is 0 Å². The van der Waals surface area contributed by atoms with E-state index >= 15 is 0 Å². The fourth-order valence-corrected chi connectivity index (χ4v) is 6.02. The largest absolute Gasteiger partial charge is 0.357 e. The molecule has 1 unspecified atom stereocenters. The first kappa shape index (κ1) is 21.5. The van der Waals surface area contributed by atoms with Gasteiger partial charge in [0.15, 0.2) is 11.1 Å². The molecule has 5 nitrogen and oxygen atoms in total. The van der Waals surface area contributed by atoms with E-state index < -0.39 is 0 Å². The summed E-state index contributed by atoms with van der Waals surface area (Å²) in [5.41, 5.74) is 1.18. The maximum atomic E-state index is 4.93. The summed E-state index contributed by atoms with van der Waals surface area (Å²) in [4.78, 5) is 16.0. The van der Waals surface area contributed by atoms with E-state index in [1.807, 2.05) is 11.8 Å². The number of aromatic nitrogens is 1. The molecule has 1 aromatic heterocycles. The number of guanidine groups is 1. The lowest BCUT2D eigenvalue weighted by Gasteiger charge is -2.21. The van der Waals surface area contributed by atoms with Crippen LogP contribution in [0.25, 0.3) is 0 Å². The van der Waals surface area contributed by atoms with Crippen molar-refractivity contribution in [2.75, 3.05) is 49.9 Å². The second kappa shape index (κ2) is 11.0. The van der Waals surface area contributed by atoms with Crippen molar-refractivity contribution in [2.24, 2.45) is 10.9 Å². The number of thioether (sulfide) groups is 1. The van der Waals surface area contributed by atoms with Gasteiger partial charge in [0, 0.05) is 61.7 Å². The molecule has 0 aliphatic carbocycles. The zero-order chi connectivity index (χ0) is 20.6. The molecule has 2 aliphatic heterocycles. The quantitative estimate of drug-likeness (QED) is 0.373. The van der Waals surface area contributed by atoms with E-state index in [4.69, 9.17) is 9.98 Å². The van der Waals surface area contributed by atoms with Gasteiger partial charge in [0.05, 0.1) is 5.69 Å². The summed E-state index contributed by atoms with van der Waals surface area (Å²) in [5.74, 6) is 2.97.